The Balaban J connectivity index is 2.05. The summed E-state index contributed by atoms with van der Waals surface area (Å²) in [6.07, 6.45) is 9.12. The molecule has 0 amide bonds. The minimum atomic E-state index is 0.0365. The van der Waals surface area contributed by atoms with Crippen molar-refractivity contribution < 1.29 is 9.47 Å². The fraction of sp³-hybridized carbons (Fsp3) is 0.350. The second kappa shape index (κ2) is 8.03. The molecule has 0 N–H and O–H groups in total. The van der Waals surface area contributed by atoms with Crippen molar-refractivity contribution in [3.8, 4) is 5.88 Å². The van der Waals surface area contributed by atoms with Gasteiger partial charge in [-0.3, -0.25) is 9.98 Å². The van der Waals surface area contributed by atoms with Crippen LogP contribution >= 0.6 is 0 Å². The summed E-state index contributed by atoms with van der Waals surface area (Å²) in [6, 6.07) is 3.89. The van der Waals surface area contributed by atoms with E-state index in [1.54, 1.807) is 13.2 Å². The number of ether oxygens (including phenoxy) is 2. The molecule has 0 aliphatic carbocycles. The van der Waals surface area contributed by atoms with Gasteiger partial charge in [-0.1, -0.05) is 12.7 Å². The van der Waals surface area contributed by atoms with Gasteiger partial charge in [0.25, 0.3) is 0 Å². The second-order valence-corrected chi connectivity index (χ2v) is 6.13. The maximum Gasteiger partial charge on any atom is 0.221 e. The average Bonchev–Trinajstić information content (AvgIpc) is 3.05. The highest BCUT2D eigenvalue weighted by Crippen LogP contribution is 2.31. The zero-order valence-corrected chi connectivity index (χ0v) is 14.7. The molecule has 1 atom stereocenters. The molecule has 1 fully saturated rings. The summed E-state index contributed by atoms with van der Waals surface area (Å²) >= 11 is 0. The fourth-order valence-corrected chi connectivity index (χ4v) is 2.84. The maximum atomic E-state index is 6.09. The van der Waals surface area contributed by atoms with Crippen LogP contribution in [0.2, 0.25) is 0 Å². The smallest absolute Gasteiger partial charge is 0.221 e. The first-order valence-electron chi connectivity index (χ1n) is 8.43. The number of rotatable bonds is 4. The van der Waals surface area contributed by atoms with Gasteiger partial charge >= 0.3 is 0 Å². The van der Waals surface area contributed by atoms with Crippen LogP contribution in [0.1, 0.15) is 25.3 Å². The molecule has 2 aliphatic rings. The van der Waals surface area contributed by atoms with Crippen LogP contribution in [0.5, 0.6) is 5.88 Å². The van der Waals surface area contributed by atoms with Gasteiger partial charge in [0.15, 0.2) is 0 Å². The summed E-state index contributed by atoms with van der Waals surface area (Å²) in [5, 5.41) is 0. The van der Waals surface area contributed by atoms with Crippen molar-refractivity contribution in [2.75, 3.05) is 20.3 Å². The summed E-state index contributed by atoms with van der Waals surface area (Å²) in [4.78, 5) is 13.4. The van der Waals surface area contributed by atoms with E-state index in [2.05, 4.69) is 16.6 Å². The second-order valence-electron chi connectivity index (χ2n) is 6.13. The number of allylic oxidation sites excluding steroid dienone is 4. The van der Waals surface area contributed by atoms with Crippen molar-refractivity contribution in [2.24, 2.45) is 9.98 Å². The van der Waals surface area contributed by atoms with Crippen LogP contribution < -0.4 is 4.74 Å². The van der Waals surface area contributed by atoms with E-state index in [4.69, 9.17) is 14.5 Å². The highest BCUT2D eigenvalue weighted by molar-refractivity contribution is 6.12. The van der Waals surface area contributed by atoms with E-state index < -0.39 is 0 Å². The molecule has 5 nitrogen and oxygen atoms in total. The third-order valence-corrected chi connectivity index (χ3v) is 4.06. The highest BCUT2D eigenvalue weighted by atomic mass is 16.5. The Morgan fingerprint density at radius 2 is 2.32 bits per heavy atom. The van der Waals surface area contributed by atoms with Crippen LogP contribution in [-0.2, 0) is 4.74 Å². The van der Waals surface area contributed by atoms with Crippen molar-refractivity contribution in [3.05, 3.63) is 53.9 Å². The molecule has 1 aromatic rings. The SMILES string of the molecule is C=C1C=CC(C)=N/C(=C(/C=NC)c2cccnc2OC2CCOC2)C1. The molecule has 0 aromatic carbocycles. The highest BCUT2D eigenvalue weighted by Gasteiger charge is 2.21. The van der Waals surface area contributed by atoms with Crippen molar-refractivity contribution >= 4 is 17.5 Å². The van der Waals surface area contributed by atoms with Gasteiger partial charge in [0.1, 0.15) is 6.10 Å². The quantitative estimate of drug-likeness (QED) is 0.788. The summed E-state index contributed by atoms with van der Waals surface area (Å²) in [5.74, 6) is 0.594. The van der Waals surface area contributed by atoms with Gasteiger partial charge < -0.3 is 9.47 Å². The lowest BCUT2D eigenvalue weighted by molar-refractivity contribution is 0.138. The van der Waals surface area contributed by atoms with Crippen LogP contribution in [0.4, 0.5) is 0 Å². The van der Waals surface area contributed by atoms with Crippen molar-refractivity contribution in [3.63, 3.8) is 0 Å². The Kier molecular flexibility index (Phi) is 5.56. The van der Waals surface area contributed by atoms with Gasteiger partial charge in [0, 0.05) is 49.1 Å². The Hall–Kier alpha value is -2.53. The van der Waals surface area contributed by atoms with E-state index in [1.165, 1.54) is 0 Å². The first-order valence-corrected chi connectivity index (χ1v) is 8.43. The van der Waals surface area contributed by atoms with Gasteiger partial charge in [-0.2, -0.15) is 0 Å². The minimum Gasteiger partial charge on any atom is -0.471 e. The van der Waals surface area contributed by atoms with E-state index in [0.29, 0.717) is 18.9 Å². The van der Waals surface area contributed by atoms with Crippen molar-refractivity contribution in [2.45, 2.75) is 25.9 Å². The molecule has 130 valence electrons. The molecule has 2 aliphatic heterocycles. The summed E-state index contributed by atoms with van der Waals surface area (Å²) in [7, 11) is 1.75. The Morgan fingerprint density at radius 1 is 1.44 bits per heavy atom. The number of aromatic nitrogens is 1. The van der Waals surface area contributed by atoms with Crippen molar-refractivity contribution in [1.82, 2.24) is 4.98 Å². The maximum absolute atomic E-state index is 6.09. The van der Waals surface area contributed by atoms with Crippen LogP contribution in [0.15, 0.2) is 58.3 Å². The molecule has 5 heteroatoms. The molecule has 25 heavy (non-hydrogen) atoms. The zero-order chi connectivity index (χ0) is 17.6. The lowest BCUT2D eigenvalue weighted by Gasteiger charge is -2.16. The lowest BCUT2D eigenvalue weighted by Crippen LogP contribution is -2.17. The Morgan fingerprint density at radius 3 is 3.08 bits per heavy atom. The number of hydrogen-bond acceptors (Lipinski definition) is 5. The van der Waals surface area contributed by atoms with Gasteiger partial charge in [0.05, 0.1) is 18.9 Å². The van der Waals surface area contributed by atoms with Gasteiger partial charge in [-0.05, 0) is 30.7 Å². The normalized spacial score (nSPS) is 22.9. The Bertz CT molecular complexity index is 769. The largest absolute Gasteiger partial charge is 0.471 e. The van der Waals surface area contributed by atoms with Crippen LogP contribution in [0.3, 0.4) is 0 Å². The molecule has 1 saturated heterocycles. The zero-order valence-electron chi connectivity index (χ0n) is 14.7. The molecule has 0 spiro atoms. The monoisotopic (exact) mass is 337 g/mol. The summed E-state index contributed by atoms with van der Waals surface area (Å²) in [5.41, 5.74) is 4.66. The third kappa shape index (κ3) is 4.31. The minimum absolute atomic E-state index is 0.0365. The third-order valence-electron chi connectivity index (χ3n) is 4.06. The first-order chi connectivity index (χ1) is 12.2. The summed E-state index contributed by atoms with van der Waals surface area (Å²) in [6.45, 7) is 7.40. The van der Waals surface area contributed by atoms with E-state index in [-0.39, 0.29) is 6.10 Å². The Labute approximate surface area is 148 Å². The van der Waals surface area contributed by atoms with Crippen LogP contribution in [0, 0.1) is 0 Å². The van der Waals surface area contributed by atoms with E-state index in [0.717, 1.165) is 41.1 Å². The topological polar surface area (TPSA) is 56.1 Å². The molecular formula is C20H23N3O2. The fourth-order valence-electron chi connectivity index (χ4n) is 2.84. The van der Waals surface area contributed by atoms with Crippen molar-refractivity contribution in [1.29, 1.82) is 0 Å². The molecule has 3 heterocycles. The van der Waals surface area contributed by atoms with E-state index in [9.17, 15) is 0 Å². The van der Waals surface area contributed by atoms with Gasteiger partial charge in [0.2, 0.25) is 5.88 Å². The molecule has 0 saturated carbocycles. The molecule has 3 rings (SSSR count). The van der Waals surface area contributed by atoms with E-state index in [1.807, 2.05) is 37.4 Å². The standard InChI is InChI=1S/C20H23N3O2/c1-14-6-7-15(2)23-19(11-14)18(12-21-3)17-5-4-9-22-20(17)25-16-8-10-24-13-16/h4-7,9,12,16H,1,8,10-11,13H2,2-3H3/b19-18-,21-12?. The average molecular weight is 337 g/mol. The molecule has 1 unspecified atom stereocenters. The van der Waals surface area contributed by atoms with Gasteiger partial charge in [-0.25, -0.2) is 4.98 Å². The number of pyridine rings is 1. The number of nitrogens with zero attached hydrogens (tertiary/aromatic N) is 3. The van der Waals surface area contributed by atoms with Gasteiger partial charge in [-0.15, -0.1) is 0 Å². The predicted octanol–water partition coefficient (Wildman–Crippen LogP) is 3.64. The lowest BCUT2D eigenvalue weighted by atomic mass is 10.0. The number of aliphatic imine (C=N–C) groups is 2. The summed E-state index contributed by atoms with van der Waals surface area (Å²) < 4.78 is 11.5. The molecule has 1 aromatic heterocycles. The molecule has 0 bridgehead atoms. The molecule has 0 radical (unpaired) electrons. The predicted molar refractivity (Wildman–Crippen MR) is 101 cm³/mol. The number of hydrogen-bond donors (Lipinski definition) is 0. The molecular weight excluding hydrogens is 314 g/mol. The van der Waals surface area contributed by atoms with Crippen LogP contribution in [-0.4, -0.2) is 43.3 Å². The van der Waals surface area contributed by atoms with E-state index >= 15 is 0 Å². The van der Waals surface area contributed by atoms with Crippen LogP contribution in [0.25, 0.3) is 5.57 Å². The first kappa shape index (κ1) is 17.3.